The second kappa shape index (κ2) is 7.58. The van der Waals surface area contributed by atoms with E-state index in [9.17, 15) is 0 Å². The van der Waals surface area contributed by atoms with Crippen molar-refractivity contribution in [1.29, 1.82) is 0 Å². The van der Waals surface area contributed by atoms with Gasteiger partial charge in [-0.05, 0) is 43.2 Å². The van der Waals surface area contributed by atoms with E-state index < -0.39 is 0 Å². The molecule has 0 heterocycles. The van der Waals surface area contributed by atoms with E-state index in [1.807, 2.05) is 24.3 Å². The van der Waals surface area contributed by atoms with Crippen LogP contribution in [0.4, 0.5) is 0 Å². The number of benzene rings is 2. The molecule has 2 rings (SSSR count). The Hall–Kier alpha value is -2.16. The molecule has 0 atom stereocenters. The molecule has 2 aromatic rings. The molecule has 3 heteroatoms. The van der Waals surface area contributed by atoms with E-state index in [0.717, 1.165) is 29.2 Å². The van der Waals surface area contributed by atoms with Gasteiger partial charge in [-0.1, -0.05) is 24.3 Å². The van der Waals surface area contributed by atoms with Crippen LogP contribution >= 0.6 is 0 Å². The van der Waals surface area contributed by atoms with Crippen molar-refractivity contribution >= 4 is 0 Å². The highest BCUT2D eigenvalue weighted by Crippen LogP contribution is 2.25. The third kappa shape index (κ3) is 4.42. The Labute approximate surface area is 126 Å². The molecule has 2 aromatic carbocycles. The van der Waals surface area contributed by atoms with Crippen LogP contribution in [0.2, 0.25) is 0 Å². The first-order chi connectivity index (χ1) is 10.2. The lowest BCUT2D eigenvalue weighted by atomic mass is 10.1. The minimum absolute atomic E-state index is 0.602. The van der Waals surface area contributed by atoms with Crippen molar-refractivity contribution in [3.63, 3.8) is 0 Å². The molecule has 0 unspecified atom stereocenters. The van der Waals surface area contributed by atoms with E-state index in [-0.39, 0.29) is 0 Å². The first kappa shape index (κ1) is 15.2. The molecule has 0 spiro atoms. The summed E-state index contributed by atoms with van der Waals surface area (Å²) in [5.74, 6) is 2.48. The highest BCUT2D eigenvalue weighted by Gasteiger charge is 2.03. The van der Waals surface area contributed by atoms with E-state index >= 15 is 0 Å². The van der Waals surface area contributed by atoms with E-state index in [4.69, 9.17) is 14.2 Å². The van der Waals surface area contributed by atoms with E-state index in [1.165, 1.54) is 5.56 Å². The van der Waals surface area contributed by atoms with Crippen molar-refractivity contribution in [2.24, 2.45) is 0 Å². The summed E-state index contributed by atoms with van der Waals surface area (Å²) < 4.78 is 16.8. The smallest absolute Gasteiger partial charge is 0.161 e. The Morgan fingerprint density at radius 2 is 1.48 bits per heavy atom. The van der Waals surface area contributed by atoms with Crippen LogP contribution in [0.5, 0.6) is 17.2 Å². The maximum Gasteiger partial charge on any atom is 0.161 e. The average molecular weight is 286 g/mol. The Kier molecular flexibility index (Phi) is 5.50. The molecular weight excluding hydrogens is 264 g/mol. The molecule has 0 aliphatic rings. The van der Waals surface area contributed by atoms with E-state index in [1.54, 1.807) is 7.11 Å². The molecule has 0 saturated heterocycles. The summed E-state index contributed by atoms with van der Waals surface area (Å²) in [6.45, 7) is 5.36. The Morgan fingerprint density at radius 3 is 2.19 bits per heavy atom. The molecule has 112 valence electrons. The van der Waals surface area contributed by atoms with Crippen LogP contribution < -0.4 is 14.2 Å². The normalized spacial score (nSPS) is 10.2. The summed E-state index contributed by atoms with van der Waals surface area (Å²) in [7, 11) is 1.64. The first-order valence-electron chi connectivity index (χ1n) is 7.16. The van der Waals surface area contributed by atoms with Gasteiger partial charge in [0.25, 0.3) is 0 Å². The Balaban J connectivity index is 1.76. The number of ether oxygens (including phenoxy) is 3. The molecule has 0 bridgehead atoms. The van der Waals surface area contributed by atoms with Crippen molar-refractivity contribution in [3.05, 3.63) is 53.6 Å². The zero-order valence-electron chi connectivity index (χ0n) is 12.9. The van der Waals surface area contributed by atoms with Crippen molar-refractivity contribution in [3.8, 4) is 17.2 Å². The molecule has 0 saturated carbocycles. The van der Waals surface area contributed by atoms with Crippen LogP contribution in [0.25, 0.3) is 0 Å². The van der Waals surface area contributed by atoms with Gasteiger partial charge in [-0.15, -0.1) is 0 Å². The molecule has 0 aliphatic heterocycles. The van der Waals surface area contributed by atoms with Gasteiger partial charge in [0, 0.05) is 6.42 Å². The lowest BCUT2D eigenvalue weighted by Crippen LogP contribution is -2.06. The minimum atomic E-state index is 0.602. The number of para-hydroxylation sites is 2. The second-order valence-corrected chi connectivity index (χ2v) is 4.97. The van der Waals surface area contributed by atoms with Crippen LogP contribution in [-0.2, 0) is 0 Å². The lowest BCUT2D eigenvalue weighted by molar-refractivity contribution is 0.239. The fourth-order valence-corrected chi connectivity index (χ4v) is 2.02. The number of hydrogen-bond acceptors (Lipinski definition) is 3. The Morgan fingerprint density at radius 1 is 0.810 bits per heavy atom. The molecule has 21 heavy (non-hydrogen) atoms. The van der Waals surface area contributed by atoms with Crippen molar-refractivity contribution in [1.82, 2.24) is 0 Å². The summed E-state index contributed by atoms with van der Waals surface area (Å²) in [6.07, 6.45) is 0.825. The van der Waals surface area contributed by atoms with Crippen molar-refractivity contribution < 1.29 is 14.2 Å². The van der Waals surface area contributed by atoms with Gasteiger partial charge < -0.3 is 14.2 Å². The van der Waals surface area contributed by atoms with Gasteiger partial charge in [0.15, 0.2) is 11.5 Å². The summed E-state index contributed by atoms with van der Waals surface area (Å²) in [5, 5.41) is 0. The molecule has 0 amide bonds. The Bertz CT molecular complexity index is 578. The summed E-state index contributed by atoms with van der Waals surface area (Å²) >= 11 is 0. The van der Waals surface area contributed by atoms with Gasteiger partial charge in [0.05, 0.1) is 20.3 Å². The van der Waals surface area contributed by atoms with Gasteiger partial charge in [-0.2, -0.15) is 0 Å². The third-order valence-corrected chi connectivity index (χ3v) is 3.22. The van der Waals surface area contributed by atoms with Crippen molar-refractivity contribution in [2.75, 3.05) is 20.3 Å². The molecule has 0 aliphatic carbocycles. The number of methoxy groups -OCH3 is 1. The zero-order valence-corrected chi connectivity index (χ0v) is 12.9. The van der Waals surface area contributed by atoms with Crippen LogP contribution in [0.1, 0.15) is 17.5 Å². The molecule has 3 nitrogen and oxygen atoms in total. The summed E-state index contributed by atoms with van der Waals surface area (Å²) in [6, 6.07) is 13.9. The van der Waals surface area contributed by atoms with Crippen LogP contribution in [0, 0.1) is 13.8 Å². The summed E-state index contributed by atoms with van der Waals surface area (Å²) in [4.78, 5) is 0. The van der Waals surface area contributed by atoms with Gasteiger partial charge in [-0.3, -0.25) is 0 Å². The van der Waals surface area contributed by atoms with Gasteiger partial charge in [-0.25, -0.2) is 0 Å². The molecule has 0 N–H and O–H groups in total. The van der Waals surface area contributed by atoms with Crippen LogP contribution in [0.3, 0.4) is 0 Å². The van der Waals surface area contributed by atoms with Crippen LogP contribution in [0.15, 0.2) is 42.5 Å². The fourth-order valence-electron chi connectivity index (χ4n) is 2.02. The maximum absolute atomic E-state index is 5.80. The van der Waals surface area contributed by atoms with E-state index in [0.29, 0.717) is 13.2 Å². The predicted molar refractivity (Wildman–Crippen MR) is 84.5 cm³/mol. The third-order valence-electron chi connectivity index (χ3n) is 3.22. The molecular formula is C18H22O3. The number of rotatable bonds is 7. The highest BCUT2D eigenvalue weighted by atomic mass is 16.5. The first-order valence-corrected chi connectivity index (χ1v) is 7.16. The summed E-state index contributed by atoms with van der Waals surface area (Å²) in [5.41, 5.74) is 2.37. The molecule has 0 fully saturated rings. The monoisotopic (exact) mass is 286 g/mol. The molecule has 0 radical (unpaired) electrons. The SMILES string of the molecule is COc1ccccc1OCCCOc1cc(C)ccc1C. The standard InChI is InChI=1S/C18H22O3/c1-14-9-10-15(2)18(13-14)21-12-6-11-20-17-8-5-4-7-16(17)19-3/h4-5,7-10,13H,6,11-12H2,1-3H3. The van der Waals surface area contributed by atoms with Gasteiger partial charge in [0.2, 0.25) is 0 Å². The fraction of sp³-hybridized carbons (Fsp3) is 0.333. The van der Waals surface area contributed by atoms with Crippen LogP contribution in [-0.4, -0.2) is 20.3 Å². The zero-order chi connectivity index (χ0) is 15.1. The number of aryl methyl sites for hydroxylation is 2. The van der Waals surface area contributed by atoms with E-state index in [2.05, 4.69) is 32.0 Å². The topological polar surface area (TPSA) is 27.7 Å². The maximum atomic E-state index is 5.80. The molecule has 0 aromatic heterocycles. The van der Waals surface area contributed by atoms with Gasteiger partial charge >= 0.3 is 0 Å². The lowest BCUT2D eigenvalue weighted by Gasteiger charge is -2.12. The second-order valence-electron chi connectivity index (χ2n) is 4.97. The number of hydrogen-bond donors (Lipinski definition) is 0. The minimum Gasteiger partial charge on any atom is -0.493 e. The quantitative estimate of drug-likeness (QED) is 0.715. The van der Waals surface area contributed by atoms with Crippen molar-refractivity contribution in [2.45, 2.75) is 20.3 Å². The largest absolute Gasteiger partial charge is 0.493 e. The predicted octanol–water partition coefficient (Wildman–Crippen LogP) is 4.16. The van der Waals surface area contributed by atoms with Gasteiger partial charge in [0.1, 0.15) is 5.75 Å². The highest BCUT2D eigenvalue weighted by molar-refractivity contribution is 5.39. The average Bonchev–Trinajstić information content (AvgIpc) is 2.50.